The number of amides is 1. The lowest BCUT2D eigenvalue weighted by Crippen LogP contribution is -2.30. The van der Waals surface area contributed by atoms with Crippen LogP contribution >= 0.6 is 27.3 Å². The average Bonchev–Trinajstić information content (AvgIpc) is 3.32. The molecule has 4 rings (SSSR count). The average molecular weight is 443 g/mol. The second kappa shape index (κ2) is 7.90. The van der Waals surface area contributed by atoms with E-state index >= 15 is 0 Å². The molecule has 1 aliphatic heterocycles. The molecule has 0 aliphatic carbocycles. The zero-order valence-electron chi connectivity index (χ0n) is 14.7. The highest BCUT2D eigenvalue weighted by molar-refractivity contribution is 9.10. The van der Waals surface area contributed by atoms with E-state index in [9.17, 15) is 9.59 Å². The maximum Gasteiger partial charge on any atom is 0.223 e. The number of carbonyl (C=O) groups is 2. The number of halogens is 1. The van der Waals surface area contributed by atoms with Crippen molar-refractivity contribution in [3.63, 3.8) is 0 Å². The minimum Gasteiger partial charge on any atom is -0.333 e. The SMILES string of the molecule is O=C(CCC(=O)N1CCCC1c1nc2ccccc2s1)c1ccc(Br)cc1. The molecule has 0 spiro atoms. The first-order chi connectivity index (χ1) is 13.1. The smallest absolute Gasteiger partial charge is 0.223 e. The number of aromatic nitrogens is 1. The fourth-order valence-corrected chi connectivity index (χ4v) is 4.88. The highest BCUT2D eigenvalue weighted by Crippen LogP contribution is 2.36. The molecule has 138 valence electrons. The largest absolute Gasteiger partial charge is 0.333 e. The molecule has 0 radical (unpaired) electrons. The molecule has 1 saturated heterocycles. The maximum absolute atomic E-state index is 12.8. The summed E-state index contributed by atoms with van der Waals surface area (Å²) in [4.78, 5) is 31.8. The first kappa shape index (κ1) is 18.3. The number of benzene rings is 2. The first-order valence-corrected chi connectivity index (χ1v) is 10.7. The summed E-state index contributed by atoms with van der Waals surface area (Å²) < 4.78 is 2.09. The van der Waals surface area contributed by atoms with Gasteiger partial charge in [0.05, 0.1) is 16.3 Å². The minimum atomic E-state index is 0.00610. The highest BCUT2D eigenvalue weighted by atomic mass is 79.9. The number of carbonyl (C=O) groups excluding carboxylic acids is 2. The summed E-state index contributed by atoms with van der Waals surface area (Å²) >= 11 is 5.03. The summed E-state index contributed by atoms with van der Waals surface area (Å²) in [6, 6.07) is 15.4. The number of rotatable bonds is 5. The second-order valence-corrected chi connectivity index (χ2v) is 8.67. The van der Waals surface area contributed by atoms with Crippen molar-refractivity contribution in [3.05, 3.63) is 63.6 Å². The van der Waals surface area contributed by atoms with E-state index in [-0.39, 0.29) is 30.6 Å². The minimum absolute atomic E-state index is 0.00610. The monoisotopic (exact) mass is 442 g/mol. The third-order valence-electron chi connectivity index (χ3n) is 4.90. The number of fused-ring (bicyclic) bond motifs is 1. The Bertz CT molecular complexity index is 950. The van der Waals surface area contributed by atoms with E-state index in [0.29, 0.717) is 5.56 Å². The van der Waals surface area contributed by atoms with E-state index in [1.807, 2.05) is 35.2 Å². The predicted octanol–water partition coefficient (Wildman–Crippen LogP) is 5.39. The van der Waals surface area contributed by atoms with Crippen LogP contribution in [0.15, 0.2) is 53.0 Å². The van der Waals surface area contributed by atoms with Crippen molar-refractivity contribution in [3.8, 4) is 0 Å². The molecule has 4 nitrogen and oxygen atoms in total. The lowest BCUT2D eigenvalue weighted by atomic mass is 10.1. The Morgan fingerprint density at radius 3 is 2.67 bits per heavy atom. The Balaban J connectivity index is 1.43. The normalized spacial score (nSPS) is 16.8. The molecule has 0 saturated carbocycles. The Morgan fingerprint density at radius 1 is 1.11 bits per heavy atom. The van der Waals surface area contributed by atoms with Gasteiger partial charge in [0.2, 0.25) is 5.91 Å². The van der Waals surface area contributed by atoms with Crippen LogP contribution in [0.25, 0.3) is 10.2 Å². The first-order valence-electron chi connectivity index (χ1n) is 9.05. The molecule has 3 aromatic rings. The van der Waals surface area contributed by atoms with Crippen LogP contribution in [0.4, 0.5) is 0 Å². The molecule has 27 heavy (non-hydrogen) atoms. The summed E-state index contributed by atoms with van der Waals surface area (Å²) in [6.07, 6.45) is 2.40. The number of para-hydroxylation sites is 1. The summed E-state index contributed by atoms with van der Waals surface area (Å²) in [5.74, 6) is 0.0498. The molecule has 1 amide bonds. The van der Waals surface area contributed by atoms with Crippen LogP contribution in [0.1, 0.15) is 47.1 Å². The van der Waals surface area contributed by atoms with Gasteiger partial charge in [0.25, 0.3) is 0 Å². The van der Waals surface area contributed by atoms with Gasteiger partial charge in [0.15, 0.2) is 5.78 Å². The molecule has 1 atom stereocenters. The summed E-state index contributed by atoms with van der Waals surface area (Å²) in [5, 5.41) is 1.00. The molecular formula is C21H19BrN2O2S. The summed E-state index contributed by atoms with van der Waals surface area (Å²) in [7, 11) is 0. The van der Waals surface area contributed by atoms with Gasteiger partial charge >= 0.3 is 0 Å². The van der Waals surface area contributed by atoms with Crippen LogP contribution in [0.2, 0.25) is 0 Å². The Kier molecular flexibility index (Phi) is 5.36. The highest BCUT2D eigenvalue weighted by Gasteiger charge is 2.32. The van der Waals surface area contributed by atoms with E-state index in [0.717, 1.165) is 39.1 Å². The van der Waals surface area contributed by atoms with Gasteiger partial charge < -0.3 is 4.90 Å². The molecule has 2 heterocycles. The Hall–Kier alpha value is -2.05. The molecule has 1 aromatic heterocycles. The third-order valence-corrected chi connectivity index (χ3v) is 6.57. The number of hydrogen-bond donors (Lipinski definition) is 0. The van der Waals surface area contributed by atoms with Gasteiger partial charge in [-0.2, -0.15) is 0 Å². The predicted molar refractivity (Wildman–Crippen MR) is 111 cm³/mol. The van der Waals surface area contributed by atoms with Crippen LogP contribution in [-0.4, -0.2) is 28.1 Å². The van der Waals surface area contributed by atoms with Gasteiger partial charge in [-0.05, 0) is 37.1 Å². The second-order valence-electron chi connectivity index (χ2n) is 6.70. The Morgan fingerprint density at radius 2 is 1.89 bits per heavy atom. The van der Waals surface area contributed by atoms with Crippen molar-refractivity contribution in [2.75, 3.05) is 6.54 Å². The van der Waals surface area contributed by atoms with Gasteiger partial charge in [-0.15, -0.1) is 11.3 Å². The molecule has 0 bridgehead atoms. The number of ketones is 1. The maximum atomic E-state index is 12.8. The van der Waals surface area contributed by atoms with Gasteiger partial charge in [-0.1, -0.05) is 40.2 Å². The number of likely N-dealkylation sites (tertiary alicyclic amines) is 1. The number of hydrogen-bond acceptors (Lipinski definition) is 4. The van der Waals surface area contributed by atoms with Crippen LogP contribution in [-0.2, 0) is 4.79 Å². The van der Waals surface area contributed by atoms with Crippen LogP contribution in [0, 0.1) is 0 Å². The molecule has 0 N–H and O–H groups in total. The number of nitrogens with zero attached hydrogens (tertiary/aromatic N) is 2. The summed E-state index contributed by atoms with van der Waals surface area (Å²) in [5.41, 5.74) is 1.64. The molecule has 6 heteroatoms. The fourth-order valence-electron chi connectivity index (χ4n) is 3.50. The lowest BCUT2D eigenvalue weighted by molar-refractivity contribution is -0.132. The standard InChI is InChI=1S/C21H19BrN2O2S/c22-15-9-7-14(8-10-15)18(25)11-12-20(26)24-13-3-5-17(24)21-23-16-4-1-2-6-19(16)27-21/h1-2,4,6-10,17H,3,5,11-13H2. The quantitative estimate of drug-likeness (QED) is 0.497. The zero-order chi connectivity index (χ0) is 18.8. The van der Waals surface area contributed by atoms with Crippen LogP contribution in [0.5, 0.6) is 0 Å². The van der Waals surface area contributed by atoms with Crippen LogP contribution < -0.4 is 0 Å². The van der Waals surface area contributed by atoms with Gasteiger partial charge in [0, 0.05) is 29.4 Å². The third kappa shape index (κ3) is 3.96. The van der Waals surface area contributed by atoms with E-state index in [1.165, 1.54) is 0 Å². The van der Waals surface area contributed by atoms with E-state index in [2.05, 4.69) is 22.0 Å². The van der Waals surface area contributed by atoms with Crippen molar-refractivity contribution in [1.82, 2.24) is 9.88 Å². The van der Waals surface area contributed by atoms with Crippen molar-refractivity contribution in [1.29, 1.82) is 0 Å². The fraction of sp³-hybridized carbons (Fsp3) is 0.286. The van der Waals surface area contributed by atoms with Gasteiger partial charge in [-0.25, -0.2) is 4.98 Å². The van der Waals surface area contributed by atoms with Crippen molar-refractivity contribution in [2.45, 2.75) is 31.7 Å². The molecule has 1 fully saturated rings. The van der Waals surface area contributed by atoms with Crippen molar-refractivity contribution < 1.29 is 9.59 Å². The molecule has 2 aromatic carbocycles. The van der Waals surface area contributed by atoms with Gasteiger partial charge in [0.1, 0.15) is 5.01 Å². The zero-order valence-corrected chi connectivity index (χ0v) is 17.1. The van der Waals surface area contributed by atoms with Crippen molar-refractivity contribution in [2.24, 2.45) is 0 Å². The topological polar surface area (TPSA) is 50.3 Å². The summed E-state index contributed by atoms with van der Waals surface area (Å²) in [6.45, 7) is 0.742. The molecular weight excluding hydrogens is 424 g/mol. The lowest BCUT2D eigenvalue weighted by Gasteiger charge is -2.23. The van der Waals surface area contributed by atoms with E-state index < -0.39 is 0 Å². The van der Waals surface area contributed by atoms with Gasteiger partial charge in [-0.3, -0.25) is 9.59 Å². The van der Waals surface area contributed by atoms with E-state index in [1.54, 1.807) is 23.5 Å². The van der Waals surface area contributed by atoms with Crippen molar-refractivity contribution >= 4 is 49.2 Å². The van der Waals surface area contributed by atoms with E-state index in [4.69, 9.17) is 4.98 Å². The molecule has 1 aliphatic rings. The van der Waals surface area contributed by atoms with Crippen LogP contribution in [0.3, 0.4) is 0 Å². The molecule has 1 unspecified atom stereocenters. The number of thiazole rings is 1. The number of Topliss-reactive ketones (excluding diaryl/α,β-unsaturated/α-hetero) is 1. The Labute approximate surface area is 170 Å².